The molecular weight excluding hydrogens is 418 g/mol. The highest BCUT2D eigenvalue weighted by atomic mass is 79.9. The summed E-state index contributed by atoms with van der Waals surface area (Å²) in [5, 5.41) is 8.91. The normalized spacial score (nSPS) is 18.5. The molecule has 0 aliphatic carbocycles. The zero-order valence-electron chi connectivity index (χ0n) is 15.6. The van der Waals surface area contributed by atoms with E-state index in [0.717, 1.165) is 35.7 Å². The predicted molar refractivity (Wildman–Crippen MR) is 109 cm³/mol. The molecule has 0 aromatic heterocycles. The van der Waals surface area contributed by atoms with Crippen molar-refractivity contribution in [2.75, 3.05) is 0 Å². The summed E-state index contributed by atoms with van der Waals surface area (Å²) in [5.41, 5.74) is 2.62. The fourth-order valence-corrected chi connectivity index (χ4v) is 3.79. The molecule has 3 rings (SSSR count). The van der Waals surface area contributed by atoms with Crippen LogP contribution in [0.25, 0.3) is 0 Å². The van der Waals surface area contributed by atoms with Gasteiger partial charge in [0.15, 0.2) is 0 Å². The van der Waals surface area contributed by atoms with Gasteiger partial charge in [-0.05, 0) is 54.7 Å². The second kappa shape index (κ2) is 9.66. The van der Waals surface area contributed by atoms with E-state index in [-0.39, 0.29) is 18.2 Å². The number of benzene rings is 2. The lowest BCUT2D eigenvalue weighted by Gasteiger charge is -2.17. The van der Waals surface area contributed by atoms with Crippen LogP contribution in [0.5, 0.6) is 0 Å². The standard InChI is InChI=1S/C23H22BrNO3/c24-19-12-8-16(9-13-19)4-2-1-3-5-21(26)20-14-22(27)28-23(20)18-10-6-17(15-25)7-11-18/h6-13,20,23H,1-5,14H2/t20-,23-/m1/s1. The summed E-state index contributed by atoms with van der Waals surface area (Å²) in [6.07, 6.45) is 3.91. The number of carbonyl (C=O) groups excluding carboxylic acids is 2. The number of hydrogen-bond donors (Lipinski definition) is 0. The number of hydrogen-bond acceptors (Lipinski definition) is 4. The van der Waals surface area contributed by atoms with Crippen LogP contribution in [0.15, 0.2) is 53.0 Å². The number of ether oxygens (including phenoxy) is 1. The SMILES string of the molecule is N#Cc1ccc([C@H]2OC(=O)C[C@@H]2C(=O)CCCCCc2ccc(Br)cc2)cc1. The first-order valence-corrected chi connectivity index (χ1v) is 10.3. The average molecular weight is 440 g/mol. The Morgan fingerprint density at radius 3 is 2.46 bits per heavy atom. The van der Waals surface area contributed by atoms with E-state index in [1.54, 1.807) is 24.3 Å². The number of nitrogens with zero attached hydrogens (tertiary/aromatic N) is 1. The molecule has 5 heteroatoms. The number of cyclic esters (lactones) is 1. The molecule has 1 fully saturated rings. The minimum absolute atomic E-state index is 0.0869. The van der Waals surface area contributed by atoms with Crippen molar-refractivity contribution in [1.82, 2.24) is 0 Å². The van der Waals surface area contributed by atoms with Crippen molar-refractivity contribution in [2.24, 2.45) is 5.92 Å². The van der Waals surface area contributed by atoms with Gasteiger partial charge >= 0.3 is 5.97 Å². The molecule has 4 nitrogen and oxygen atoms in total. The monoisotopic (exact) mass is 439 g/mol. The number of ketones is 1. The molecule has 0 radical (unpaired) electrons. The highest BCUT2D eigenvalue weighted by Gasteiger charge is 2.40. The summed E-state index contributed by atoms with van der Waals surface area (Å²) < 4.78 is 6.48. The summed E-state index contributed by atoms with van der Waals surface area (Å²) >= 11 is 3.43. The Hall–Kier alpha value is -2.45. The van der Waals surface area contributed by atoms with E-state index in [1.165, 1.54) is 5.56 Å². The zero-order chi connectivity index (χ0) is 19.9. The van der Waals surface area contributed by atoms with E-state index in [9.17, 15) is 9.59 Å². The molecule has 0 saturated carbocycles. The van der Waals surface area contributed by atoms with Gasteiger partial charge in [0.2, 0.25) is 0 Å². The second-order valence-electron chi connectivity index (χ2n) is 7.11. The summed E-state index contributed by atoms with van der Waals surface area (Å²) in [4.78, 5) is 24.5. The summed E-state index contributed by atoms with van der Waals surface area (Å²) in [7, 11) is 0. The summed E-state index contributed by atoms with van der Waals surface area (Å²) in [5.74, 6) is -0.668. The molecule has 1 saturated heterocycles. The lowest BCUT2D eigenvalue weighted by atomic mass is 9.88. The fraction of sp³-hybridized carbons (Fsp3) is 0.348. The Bertz CT molecular complexity index is 868. The van der Waals surface area contributed by atoms with Crippen molar-refractivity contribution >= 4 is 27.7 Å². The molecule has 1 aliphatic heterocycles. The van der Waals surface area contributed by atoms with Gasteiger partial charge in [-0.3, -0.25) is 9.59 Å². The molecule has 2 aromatic rings. The molecule has 0 bridgehead atoms. The molecule has 0 spiro atoms. The fourth-order valence-electron chi connectivity index (χ4n) is 3.53. The molecular formula is C23H22BrNO3. The number of Topliss-reactive ketones (excluding diaryl/α,β-unsaturated/α-hetero) is 1. The highest BCUT2D eigenvalue weighted by molar-refractivity contribution is 9.10. The third-order valence-corrected chi connectivity index (χ3v) is 5.62. The minimum Gasteiger partial charge on any atom is -0.457 e. The van der Waals surface area contributed by atoms with Crippen LogP contribution < -0.4 is 0 Å². The van der Waals surface area contributed by atoms with Crippen LogP contribution in [0.4, 0.5) is 0 Å². The number of halogens is 1. The number of aryl methyl sites for hydroxylation is 1. The van der Waals surface area contributed by atoms with Crippen molar-refractivity contribution in [3.8, 4) is 6.07 Å². The minimum atomic E-state index is -0.532. The highest BCUT2D eigenvalue weighted by Crippen LogP contribution is 2.37. The molecule has 28 heavy (non-hydrogen) atoms. The lowest BCUT2D eigenvalue weighted by Crippen LogP contribution is -2.18. The first kappa shape index (κ1) is 20.3. The number of unbranched alkanes of at least 4 members (excludes halogenated alkanes) is 2. The van der Waals surface area contributed by atoms with Gasteiger partial charge in [-0.1, -0.05) is 46.6 Å². The number of carbonyl (C=O) groups is 2. The van der Waals surface area contributed by atoms with E-state index in [4.69, 9.17) is 10.00 Å². The summed E-state index contributed by atoms with van der Waals surface area (Å²) in [6, 6.07) is 17.3. The van der Waals surface area contributed by atoms with Crippen molar-refractivity contribution in [2.45, 2.75) is 44.6 Å². The molecule has 0 unspecified atom stereocenters. The second-order valence-corrected chi connectivity index (χ2v) is 8.02. The number of nitriles is 1. The van der Waals surface area contributed by atoms with Crippen LogP contribution in [-0.4, -0.2) is 11.8 Å². The van der Waals surface area contributed by atoms with Gasteiger partial charge in [0.25, 0.3) is 0 Å². The van der Waals surface area contributed by atoms with Crippen molar-refractivity contribution in [3.63, 3.8) is 0 Å². The largest absolute Gasteiger partial charge is 0.457 e. The summed E-state index contributed by atoms with van der Waals surface area (Å²) in [6.45, 7) is 0. The smallest absolute Gasteiger partial charge is 0.307 e. The van der Waals surface area contributed by atoms with Crippen LogP contribution in [-0.2, 0) is 20.7 Å². The van der Waals surface area contributed by atoms with Crippen molar-refractivity contribution in [1.29, 1.82) is 5.26 Å². The van der Waals surface area contributed by atoms with Gasteiger partial charge in [-0.2, -0.15) is 5.26 Å². The van der Waals surface area contributed by atoms with Gasteiger partial charge in [0.05, 0.1) is 24.0 Å². The van der Waals surface area contributed by atoms with Crippen LogP contribution in [0, 0.1) is 17.2 Å². The average Bonchev–Trinajstić information content (AvgIpc) is 3.11. The van der Waals surface area contributed by atoms with E-state index in [1.807, 2.05) is 12.1 Å². The van der Waals surface area contributed by atoms with Gasteiger partial charge in [-0.25, -0.2) is 0 Å². The Labute approximate surface area is 173 Å². The molecule has 1 heterocycles. The third kappa shape index (κ3) is 5.30. The van der Waals surface area contributed by atoms with E-state index < -0.39 is 12.0 Å². The van der Waals surface area contributed by atoms with Crippen molar-refractivity contribution < 1.29 is 14.3 Å². The third-order valence-electron chi connectivity index (χ3n) is 5.09. The molecule has 1 aliphatic rings. The van der Waals surface area contributed by atoms with Crippen molar-refractivity contribution in [3.05, 3.63) is 69.7 Å². The Morgan fingerprint density at radius 1 is 1.07 bits per heavy atom. The van der Waals surface area contributed by atoms with Gasteiger partial charge < -0.3 is 4.74 Å². The van der Waals surface area contributed by atoms with Gasteiger partial charge in [0.1, 0.15) is 11.9 Å². The Morgan fingerprint density at radius 2 is 1.79 bits per heavy atom. The maximum Gasteiger partial charge on any atom is 0.307 e. The number of esters is 1. The Kier molecular flexibility index (Phi) is 7.00. The first-order valence-electron chi connectivity index (χ1n) is 9.53. The quantitative estimate of drug-likeness (QED) is 0.413. The van der Waals surface area contributed by atoms with Gasteiger partial charge in [-0.15, -0.1) is 0 Å². The maximum absolute atomic E-state index is 12.7. The molecule has 0 N–H and O–H groups in total. The van der Waals surface area contributed by atoms with E-state index in [2.05, 4.69) is 34.1 Å². The molecule has 2 aromatic carbocycles. The molecule has 0 amide bonds. The van der Waals surface area contributed by atoms with Crippen LogP contribution >= 0.6 is 15.9 Å². The van der Waals surface area contributed by atoms with E-state index >= 15 is 0 Å². The van der Waals surface area contributed by atoms with Crippen LogP contribution in [0.3, 0.4) is 0 Å². The van der Waals surface area contributed by atoms with Crippen LogP contribution in [0.1, 0.15) is 54.9 Å². The maximum atomic E-state index is 12.7. The first-order chi connectivity index (χ1) is 13.6. The topological polar surface area (TPSA) is 67.2 Å². The van der Waals surface area contributed by atoms with Gasteiger partial charge in [0, 0.05) is 10.9 Å². The van der Waals surface area contributed by atoms with Crippen LogP contribution in [0.2, 0.25) is 0 Å². The molecule has 2 atom stereocenters. The Balaban J connectivity index is 1.48. The predicted octanol–water partition coefficient (Wildman–Crippen LogP) is 5.30. The molecule has 144 valence electrons. The van der Waals surface area contributed by atoms with E-state index in [0.29, 0.717) is 12.0 Å². The lowest BCUT2D eigenvalue weighted by molar-refractivity contribution is -0.141. The zero-order valence-corrected chi connectivity index (χ0v) is 17.2. The number of rotatable bonds is 8.